The molecule has 0 spiro atoms. The molecule has 0 bridgehead atoms. The van der Waals surface area contributed by atoms with Gasteiger partial charge in [-0.25, -0.2) is 0 Å². The van der Waals surface area contributed by atoms with Gasteiger partial charge in [-0.05, 0) is 24.8 Å². The van der Waals surface area contributed by atoms with Gasteiger partial charge in [0.25, 0.3) is 0 Å². The van der Waals surface area contributed by atoms with E-state index < -0.39 is 6.10 Å². The van der Waals surface area contributed by atoms with Crippen molar-refractivity contribution in [2.24, 2.45) is 5.92 Å². The number of hydrogen-bond donors (Lipinski definition) is 1. The van der Waals surface area contributed by atoms with E-state index in [-0.39, 0.29) is 6.10 Å². The molecular weight excluding hydrogens is 206 g/mol. The second-order valence-electron chi connectivity index (χ2n) is 4.14. The monoisotopic (exact) mass is 223 g/mol. The summed E-state index contributed by atoms with van der Waals surface area (Å²) < 4.78 is 10.4. The highest BCUT2D eigenvalue weighted by Gasteiger charge is 2.36. The van der Waals surface area contributed by atoms with Crippen molar-refractivity contribution in [3.8, 4) is 5.75 Å². The zero-order valence-corrected chi connectivity index (χ0v) is 9.59. The zero-order valence-electron chi connectivity index (χ0n) is 9.59. The van der Waals surface area contributed by atoms with E-state index in [4.69, 9.17) is 9.47 Å². The molecule has 2 unspecified atom stereocenters. The molecule has 1 aromatic heterocycles. The Morgan fingerprint density at radius 1 is 1.38 bits per heavy atom. The van der Waals surface area contributed by atoms with Crippen molar-refractivity contribution >= 4 is 0 Å². The van der Waals surface area contributed by atoms with Gasteiger partial charge in [0.1, 0.15) is 11.9 Å². The van der Waals surface area contributed by atoms with Gasteiger partial charge >= 0.3 is 0 Å². The maximum absolute atomic E-state index is 10.2. The lowest BCUT2D eigenvalue weighted by Gasteiger charge is -2.21. The van der Waals surface area contributed by atoms with Crippen LogP contribution in [-0.2, 0) is 4.74 Å². The molecule has 0 amide bonds. The molecule has 1 fully saturated rings. The molecule has 1 aromatic rings. The maximum Gasteiger partial charge on any atom is 0.137 e. The molecule has 1 saturated carbocycles. The van der Waals surface area contributed by atoms with Crippen molar-refractivity contribution in [2.75, 3.05) is 14.2 Å². The van der Waals surface area contributed by atoms with Crippen LogP contribution in [0.25, 0.3) is 0 Å². The van der Waals surface area contributed by atoms with E-state index in [9.17, 15) is 5.11 Å². The normalized spacial score (nSPS) is 19.2. The van der Waals surface area contributed by atoms with Crippen LogP contribution in [0, 0.1) is 5.92 Å². The van der Waals surface area contributed by atoms with Crippen LogP contribution in [0.4, 0.5) is 0 Å². The third kappa shape index (κ3) is 2.33. The Kier molecular flexibility index (Phi) is 3.41. The number of hydrogen-bond acceptors (Lipinski definition) is 4. The van der Waals surface area contributed by atoms with Crippen molar-refractivity contribution in [1.29, 1.82) is 0 Å². The molecule has 4 heteroatoms. The quantitative estimate of drug-likeness (QED) is 0.822. The largest absolute Gasteiger partial charge is 0.495 e. The van der Waals surface area contributed by atoms with Crippen LogP contribution in [0.15, 0.2) is 18.5 Å². The summed E-state index contributed by atoms with van der Waals surface area (Å²) in [5, 5.41) is 10.2. The second kappa shape index (κ2) is 4.80. The topological polar surface area (TPSA) is 51.6 Å². The molecule has 0 saturated heterocycles. The van der Waals surface area contributed by atoms with Gasteiger partial charge in [0.2, 0.25) is 0 Å². The van der Waals surface area contributed by atoms with Crippen molar-refractivity contribution in [1.82, 2.24) is 4.98 Å². The van der Waals surface area contributed by atoms with Crippen LogP contribution in [0.2, 0.25) is 0 Å². The van der Waals surface area contributed by atoms with E-state index in [0.717, 1.165) is 18.4 Å². The summed E-state index contributed by atoms with van der Waals surface area (Å²) in [6.07, 6.45) is 4.78. The van der Waals surface area contributed by atoms with Crippen LogP contribution in [0.5, 0.6) is 5.75 Å². The van der Waals surface area contributed by atoms with Crippen molar-refractivity contribution < 1.29 is 14.6 Å². The summed E-state index contributed by atoms with van der Waals surface area (Å²) in [7, 11) is 3.22. The number of rotatable bonds is 5. The lowest BCUT2D eigenvalue weighted by Crippen LogP contribution is -2.23. The van der Waals surface area contributed by atoms with Crippen molar-refractivity contribution in [3.63, 3.8) is 0 Å². The summed E-state index contributed by atoms with van der Waals surface area (Å²) in [4.78, 5) is 4.03. The Bertz CT molecular complexity index is 352. The Morgan fingerprint density at radius 2 is 2.12 bits per heavy atom. The highest BCUT2D eigenvalue weighted by atomic mass is 16.5. The third-order valence-corrected chi connectivity index (χ3v) is 2.98. The number of aliphatic hydroxyl groups excluding tert-OH is 1. The average Bonchev–Trinajstić information content (AvgIpc) is 3.14. The molecule has 0 aromatic carbocycles. The predicted molar refractivity (Wildman–Crippen MR) is 59.3 cm³/mol. The first-order valence-corrected chi connectivity index (χ1v) is 5.46. The molecule has 1 aliphatic carbocycles. The molecule has 0 aliphatic heterocycles. The van der Waals surface area contributed by atoms with Gasteiger partial charge in [0, 0.05) is 18.9 Å². The molecule has 4 nitrogen and oxygen atoms in total. The fraction of sp³-hybridized carbons (Fsp3) is 0.583. The standard InChI is InChI=1S/C12H17NO3/c1-15-10-5-9(6-13-7-10)11(14)12(16-2)8-3-4-8/h5-8,11-12,14H,3-4H2,1-2H3. The second-order valence-corrected chi connectivity index (χ2v) is 4.14. The summed E-state index contributed by atoms with van der Waals surface area (Å²) in [6, 6.07) is 1.80. The summed E-state index contributed by atoms with van der Waals surface area (Å²) in [6.45, 7) is 0. The molecule has 0 radical (unpaired) electrons. The van der Waals surface area contributed by atoms with E-state index in [1.54, 1.807) is 32.7 Å². The fourth-order valence-electron chi connectivity index (χ4n) is 1.90. The lowest BCUT2D eigenvalue weighted by atomic mass is 10.0. The zero-order chi connectivity index (χ0) is 11.5. The SMILES string of the molecule is COc1cncc(C(O)C(OC)C2CC2)c1. The fourth-order valence-corrected chi connectivity index (χ4v) is 1.90. The Labute approximate surface area is 95.2 Å². The highest BCUT2D eigenvalue weighted by molar-refractivity contribution is 5.26. The molecule has 1 aliphatic rings. The molecule has 16 heavy (non-hydrogen) atoms. The van der Waals surface area contributed by atoms with Crippen LogP contribution in [-0.4, -0.2) is 30.4 Å². The minimum atomic E-state index is -0.625. The molecule has 88 valence electrons. The number of ether oxygens (including phenoxy) is 2. The van der Waals surface area contributed by atoms with Gasteiger partial charge in [0.15, 0.2) is 0 Å². The Morgan fingerprint density at radius 3 is 2.69 bits per heavy atom. The lowest BCUT2D eigenvalue weighted by molar-refractivity contribution is -0.0261. The van der Waals surface area contributed by atoms with E-state index in [0.29, 0.717) is 11.7 Å². The minimum absolute atomic E-state index is 0.131. The summed E-state index contributed by atoms with van der Waals surface area (Å²) >= 11 is 0. The van der Waals surface area contributed by atoms with Crippen LogP contribution >= 0.6 is 0 Å². The summed E-state index contributed by atoms with van der Waals surface area (Å²) in [5.74, 6) is 1.13. The van der Waals surface area contributed by atoms with Crippen molar-refractivity contribution in [2.45, 2.75) is 25.0 Å². The number of aromatic nitrogens is 1. The number of aliphatic hydroxyl groups is 1. The van der Waals surface area contributed by atoms with E-state index in [1.165, 1.54) is 0 Å². The van der Waals surface area contributed by atoms with Crippen LogP contribution in [0.1, 0.15) is 24.5 Å². The number of methoxy groups -OCH3 is 2. The van der Waals surface area contributed by atoms with E-state index in [2.05, 4.69) is 4.98 Å². The van der Waals surface area contributed by atoms with Gasteiger partial charge in [-0.2, -0.15) is 0 Å². The molecule has 2 rings (SSSR count). The smallest absolute Gasteiger partial charge is 0.137 e. The van der Waals surface area contributed by atoms with Gasteiger partial charge < -0.3 is 14.6 Å². The first kappa shape index (κ1) is 11.4. The Hall–Kier alpha value is -1.13. The van der Waals surface area contributed by atoms with Crippen LogP contribution < -0.4 is 4.74 Å². The first-order chi connectivity index (χ1) is 7.76. The van der Waals surface area contributed by atoms with Gasteiger partial charge in [-0.1, -0.05) is 0 Å². The van der Waals surface area contributed by atoms with E-state index in [1.807, 2.05) is 0 Å². The van der Waals surface area contributed by atoms with Gasteiger partial charge in [0.05, 0.1) is 19.4 Å². The Balaban J connectivity index is 2.14. The third-order valence-electron chi connectivity index (χ3n) is 2.98. The summed E-state index contributed by atoms with van der Waals surface area (Å²) in [5.41, 5.74) is 0.748. The molecule has 2 atom stereocenters. The number of pyridine rings is 1. The average molecular weight is 223 g/mol. The van der Waals surface area contributed by atoms with Gasteiger partial charge in [-0.15, -0.1) is 0 Å². The predicted octanol–water partition coefficient (Wildman–Crippen LogP) is 1.55. The van der Waals surface area contributed by atoms with Crippen molar-refractivity contribution in [3.05, 3.63) is 24.0 Å². The van der Waals surface area contributed by atoms with Gasteiger partial charge in [-0.3, -0.25) is 4.98 Å². The molecular formula is C12H17NO3. The maximum atomic E-state index is 10.2. The minimum Gasteiger partial charge on any atom is -0.495 e. The molecule has 1 heterocycles. The number of nitrogens with zero attached hydrogens (tertiary/aromatic N) is 1. The first-order valence-electron chi connectivity index (χ1n) is 5.46. The molecule has 1 N–H and O–H groups in total. The van der Waals surface area contributed by atoms with E-state index >= 15 is 0 Å². The van der Waals surface area contributed by atoms with Crippen LogP contribution in [0.3, 0.4) is 0 Å². The highest BCUT2D eigenvalue weighted by Crippen LogP contribution is 2.39.